The number of alkyl carbamates (subject to hydrolysis) is 1. The lowest BCUT2D eigenvalue weighted by Gasteiger charge is -2.46. The number of nitrogens with zero attached hydrogens (tertiary/aromatic N) is 1. The van der Waals surface area contributed by atoms with E-state index in [2.05, 4.69) is 5.32 Å². The summed E-state index contributed by atoms with van der Waals surface area (Å²) in [6.45, 7) is 2.45. The van der Waals surface area contributed by atoms with Gasteiger partial charge in [-0.15, -0.1) is 0 Å². The van der Waals surface area contributed by atoms with Gasteiger partial charge in [0.25, 0.3) is 5.69 Å². The van der Waals surface area contributed by atoms with E-state index in [1.807, 2.05) is 0 Å². The maximum absolute atomic E-state index is 12.1. The highest BCUT2D eigenvalue weighted by Crippen LogP contribution is 2.43. The maximum Gasteiger partial charge on any atom is 0.408 e. The van der Waals surface area contributed by atoms with E-state index in [-0.39, 0.29) is 17.7 Å². The predicted molar refractivity (Wildman–Crippen MR) is 104 cm³/mol. The number of rotatable bonds is 9. The fourth-order valence-electron chi connectivity index (χ4n) is 3.81. The Bertz CT molecular complexity index is 760. The van der Waals surface area contributed by atoms with Crippen LogP contribution in [0.1, 0.15) is 38.2 Å². The van der Waals surface area contributed by atoms with Crippen LogP contribution in [0.3, 0.4) is 0 Å². The van der Waals surface area contributed by atoms with E-state index >= 15 is 0 Å². The summed E-state index contributed by atoms with van der Waals surface area (Å²) in [6.07, 6.45) is 2.64. The molecule has 0 aromatic heterocycles. The van der Waals surface area contributed by atoms with Gasteiger partial charge in [-0.25, -0.2) is 9.59 Å². The number of amides is 1. The molecule has 2 atom stereocenters. The number of carboxylic acids is 1. The van der Waals surface area contributed by atoms with Gasteiger partial charge < -0.3 is 24.6 Å². The van der Waals surface area contributed by atoms with Crippen LogP contribution in [-0.4, -0.2) is 53.6 Å². The molecule has 2 N–H and O–H groups in total. The minimum atomic E-state index is -1.27. The van der Waals surface area contributed by atoms with Crippen LogP contribution in [0.2, 0.25) is 0 Å². The molecule has 1 saturated carbocycles. The van der Waals surface area contributed by atoms with E-state index in [0.29, 0.717) is 24.9 Å². The largest absolute Gasteiger partial charge is 0.480 e. The number of carbonyl (C=O) groups excluding carboxylic acids is 1. The summed E-state index contributed by atoms with van der Waals surface area (Å²) in [5.41, 5.74) is 0.387. The second-order valence-electron chi connectivity index (χ2n) is 7.99. The van der Waals surface area contributed by atoms with Crippen LogP contribution in [0.4, 0.5) is 10.5 Å². The first kappa shape index (κ1) is 22.0. The molecule has 164 valence electrons. The summed E-state index contributed by atoms with van der Waals surface area (Å²) >= 11 is 0. The molecule has 30 heavy (non-hydrogen) atoms. The van der Waals surface area contributed by atoms with Crippen molar-refractivity contribution >= 4 is 17.7 Å². The topological polar surface area (TPSA) is 137 Å². The summed E-state index contributed by atoms with van der Waals surface area (Å²) in [5, 5.41) is 22.5. The summed E-state index contributed by atoms with van der Waals surface area (Å²) in [5.74, 6) is -1.23. The van der Waals surface area contributed by atoms with Gasteiger partial charge in [-0.05, 0) is 50.3 Å². The van der Waals surface area contributed by atoms with Crippen molar-refractivity contribution in [2.24, 2.45) is 5.41 Å². The molecule has 1 aromatic rings. The molecule has 10 nitrogen and oxygen atoms in total. The van der Waals surface area contributed by atoms with E-state index < -0.39 is 29.1 Å². The Morgan fingerprint density at radius 3 is 2.53 bits per heavy atom. The highest BCUT2D eigenvalue weighted by atomic mass is 16.6. The zero-order valence-corrected chi connectivity index (χ0v) is 16.7. The van der Waals surface area contributed by atoms with Crippen molar-refractivity contribution in [3.63, 3.8) is 0 Å². The lowest BCUT2D eigenvalue weighted by molar-refractivity contribution is -0.384. The fourth-order valence-corrected chi connectivity index (χ4v) is 3.81. The average molecular weight is 422 g/mol. The number of carbonyl (C=O) groups is 2. The third kappa shape index (κ3) is 5.45. The minimum Gasteiger partial charge on any atom is -0.480 e. The van der Waals surface area contributed by atoms with Gasteiger partial charge in [-0.1, -0.05) is 0 Å². The number of benzene rings is 1. The number of ether oxygens (including phenoxy) is 3. The van der Waals surface area contributed by atoms with Crippen LogP contribution in [0.25, 0.3) is 0 Å². The third-order valence-electron chi connectivity index (χ3n) is 5.80. The Morgan fingerprint density at radius 1 is 1.33 bits per heavy atom. The van der Waals surface area contributed by atoms with Gasteiger partial charge >= 0.3 is 12.1 Å². The SMILES string of the molecule is C[C@@H](OCC12CCC(CC1)OC2)[C@H](NC(=O)OCc1ccc([N+](=O)[O-])cc1)C(=O)O. The van der Waals surface area contributed by atoms with Gasteiger partial charge in [0.1, 0.15) is 6.61 Å². The standard InChI is InChI=1S/C20H26N2O8/c1-13(29-11-20-8-6-16(7-9-20)30-12-20)17(18(23)24)21-19(25)28-10-14-2-4-15(5-3-14)22(26)27/h2-5,13,16-17H,6-12H2,1H3,(H,21,25)(H,23,24)/t13-,16?,17+,20?/m1/s1. The lowest BCUT2D eigenvalue weighted by Crippen LogP contribution is -2.51. The smallest absolute Gasteiger partial charge is 0.408 e. The van der Waals surface area contributed by atoms with E-state index in [0.717, 1.165) is 25.7 Å². The first-order chi connectivity index (χ1) is 14.3. The Morgan fingerprint density at radius 2 is 2.00 bits per heavy atom. The first-order valence-electron chi connectivity index (χ1n) is 9.91. The Kier molecular flexibility index (Phi) is 6.88. The van der Waals surface area contributed by atoms with Crippen LogP contribution in [0.15, 0.2) is 24.3 Å². The molecule has 1 amide bonds. The summed E-state index contributed by atoms with van der Waals surface area (Å²) in [4.78, 5) is 33.8. The quantitative estimate of drug-likeness (QED) is 0.458. The molecule has 10 heteroatoms. The molecular formula is C20H26N2O8. The molecule has 2 aliphatic heterocycles. The van der Waals surface area contributed by atoms with E-state index in [4.69, 9.17) is 14.2 Å². The fraction of sp³-hybridized carbons (Fsp3) is 0.600. The molecule has 2 bridgehead atoms. The number of hydrogen-bond acceptors (Lipinski definition) is 7. The van der Waals surface area contributed by atoms with Crippen molar-refractivity contribution in [2.45, 2.75) is 57.5 Å². The summed E-state index contributed by atoms with van der Waals surface area (Å²) < 4.78 is 16.6. The number of nitrogens with one attached hydrogen (secondary N) is 1. The molecule has 2 heterocycles. The molecule has 1 aromatic carbocycles. The molecule has 3 aliphatic rings. The summed E-state index contributed by atoms with van der Waals surface area (Å²) in [7, 11) is 0. The minimum absolute atomic E-state index is 0.0727. The number of carboxylic acid groups (broad SMARTS) is 1. The van der Waals surface area contributed by atoms with Crippen LogP contribution in [-0.2, 0) is 25.6 Å². The van der Waals surface area contributed by atoms with Gasteiger partial charge in [0.2, 0.25) is 0 Å². The van der Waals surface area contributed by atoms with Crippen molar-refractivity contribution in [3.05, 3.63) is 39.9 Å². The zero-order chi connectivity index (χ0) is 21.7. The summed E-state index contributed by atoms with van der Waals surface area (Å²) in [6, 6.07) is 4.26. The number of nitro benzene ring substituents is 1. The Balaban J connectivity index is 1.48. The Hall–Kier alpha value is -2.72. The van der Waals surface area contributed by atoms with E-state index in [1.165, 1.54) is 24.3 Å². The monoisotopic (exact) mass is 422 g/mol. The van der Waals surface area contributed by atoms with Crippen molar-refractivity contribution in [1.82, 2.24) is 5.32 Å². The highest BCUT2D eigenvalue weighted by molar-refractivity contribution is 5.80. The number of fused-ring (bicyclic) bond motifs is 3. The van der Waals surface area contributed by atoms with Gasteiger partial charge in [-0.3, -0.25) is 10.1 Å². The molecular weight excluding hydrogens is 396 g/mol. The van der Waals surface area contributed by atoms with Crippen LogP contribution < -0.4 is 5.32 Å². The maximum atomic E-state index is 12.1. The molecule has 2 saturated heterocycles. The highest BCUT2D eigenvalue weighted by Gasteiger charge is 2.42. The van der Waals surface area contributed by atoms with Crippen LogP contribution >= 0.6 is 0 Å². The number of aliphatic carboxylic acids is 1. The second-order valence-corrected chi connectivity index (χ2v) is 7.99. The number of hydrogen-bond donors (Lipinski definition) is 2. The molecule has 0 spiro atoms. The van der Waals surface area contributed by atoms with Crippen LogP contribution in [0.5, 0.6) is 0 Å². The molecule has 1 aliphatic carbocycles. The number of nitro groups is 1. The molecule has 0 unspecified atom stereocenters. The molecule has 3 fully saturated rings. The van der Waals surface area contributed by atoms with E-state index in [1.54, 1.807) is 6.92 Å². The van der Waals surface area contributed by atoms with E-state index in [9.17, 15) is 24.8 Å². The van der Waals surface area contributed by atoms with Gasteiger partial charge in [0.15, 0.2) is 6.04 Å². The zero-order valence-electron chi connectivity index (χ0n) is 16.7. The van der Waals surface area contributed by atoms with Crippen molar-refractivity contribution in [2.75, 3.05) is 13.2 Å². The van der Waals surface area contributed by atoms with Crippen molar-refractivity contribution in [3.8, 4) is 0 Å². The number of non-ortho nitro benzene ring substituents is 1. The van der Waals surface area contributed by atoms with Gasteiger partial charge in [-0.2, -0.15) is 0 Å². The average Bonchev–Trinajstić information content (AvgIpc) is 2.76. The normalized spacial score (nSPS) is 24.6. The molecule has 4 rings (SSSR count). The van der Waals surface area contributed by atoms with Gasteiger partial charge in [0.05, 0.1) is 30.3 Å². The second kappa shape index (κ2) is 9.40. The van der Waals surface area contributed by atoms with Crippen molar-refractivity contribution < 1.29 is 33.8 Å². The molecule has 0 radical (unpaired) electrons. The van der Waals surface area contributed by atoms with Gasteiger partial charge in [0, 0.05) is 17.5 Å². The first-order valence-corrected chi connectivity index (χ1v) is 9.91. The Labute approximate surface area is 173 Å². The van der Waals surface area contributed by atoms with Crippen LogP contribution in [0, 0.1) is 15.5 Å². The van der Waals surface area contributed by atoms with Crippen molar-refractivity contribution in [1.29, 1.82) is 0 Å². The predicted octanol–water partition coefficient (Wildman–Crippen LogP) is 2.64. The third-order valence-corrected chi connectivity index (χ3v) is 5.80. The lowest BCUT2D eigenvalue weighted by atomic mass is 9.72.